The Labute approximate surface area is 57.5 Å². The van der Waals surface area contributed by atoms with Gasteiger partial charge in [-0.2, -0.15) is 5.10 Å². The molecule has 0 atom stereocenters. The van der Waals surface area contributed by atoms with Crippen LogP contribution in [0.15, 0.2) is 18.3 Å². The Bertz CT molecular complexity index is 318. The summed E-state index contributed by atoms with van der Waals surface area (Å²) in [5.41, 5.74) is 1.94. The predicted octanol–water partition coefficient (Wildman–Crippen LogP) is 0.433. The van der Waals surface area contributed by atoms with Gasteiger partial charge >= 0.3 is 0 Å². The third-order valence-electron chi connectivity index (χ3n) is 1.29. The van der Waals surface area contributed by atoms with Crippen molar-refractivity contribution in [2.24, 2.45) is 0 Å². The van der Waals surface area contributed by atoms with Crippen LogP contribution in [-0.2, 0) is 0 Å². The molecule has 0 aromatic carbocycles. The normalized spacial score (nSPS) is 10.5. The van der Waals surface area contributed by atoms with Crippen molar-refractivity contribution in [3.8, 4) is 0 Å². The minimum atomic E-state index is 0.959. The Balaban J connectivity index is 2.88. The lowest BCUT2D eigenvalue weighted by Crippen LogP contribution is -1.94. The molecule has 0 aliphatic rings. The number of rotatable bonds is 0. The Morgan fingerprint density at radius 1 is 1.50 bits per heavy atom. The molecule has 0 aliphatic heterocycles. The van der Waals surface area contributed by atoms with E-state index in [4.69, 9.17) is 0 Å². The molecule has 0 N–H and O–H groups in total. The highest BCUT2D eigenvalue weighted by molar-refractivity contribution is 5.44. The molecule has 0 amide bonds. The quantitative estimate of drug-likeness (QED) is 0.524. The molecular formula is C6H6N4. The van der Waals surface area contributed by atoms with Crippen molar-refractivity contribution in [3.63, 3.8) is 0 Å². The molecule has 0 radical (unpaired) electrons. The maximum absolute atomic E-state index is 4.06. The highest BCUT2D eigenvalue weighted by atomic mass is 15.5. The van der Waals surface area contributed by atoms with Crippen molar-refractivity contribution in [3.05, 3.63) is 24.0 Å². The Morgan fingerprint density at radius 3 is 3.20 bits per heavy atom. The smallest absolute Gasteiger partial charge is 0.0909 e. The Morgan fingerprint density at radius 2 is 2.40 bits per heavy atom. The fourth-order valence-corrected chi connectivity index (χ4v) is 0.883. The second-order valence-corrected chi connectivity index (χ2v) is 2.12. The van der Waals surface area contributed by atoms with E-state index in [1.165, 1.54) is 4.63 Å². The van der Waals surface area contributed by atoms with Crippen molar-refractivity contribution < 1.29 is 0 Å². The van der Waals surface area contributed by atoms with Gasteiger partial charge in [0, 0.05) is 0 Å². The molecule has 10 heavy (non-hydrogen) atoms. The van der Waals surface area contributed by atoms with E-state index in [2.05, 4.69) is 15.4 Å². The van der Waals surface area contributed by atoms with Gasteiger partial charge in [0.05, 0.1) is 17.4 Å². The van der Waals surface area contributed by atoms with Gasteiger partial charge in [-0.3, -0.25) is 0 Å². The van der Waals surface area contributed by atoms with Gasteiger partial charge in [-0.25, -0.2) is 0 Å². The molecule has 0 fully saturated rings. The van der Waals surface area contributed by atoms with Crippen LogP contribution in [0.4, 0.5) is 0 Å². The number of aromatic nitrogens is 4. The van der Waals surface area contributed by atoms with Gasteiger partial charge in [-0.15, -0.1) is 9.73 Å². The summed E-state index contributed by atoms with van der Waals surface area (Å²) >= 11 is 0. The zero-order valence-corrected chi connectivity index (χ0v) is 5.52. The molecule has 0 unspecified atom stereocenters. The van der Waals surface area contributed by atoms with Crippen LogP contribution >= 0.6 is 0 Å². The molecule has 2 rings (SSSR count). The van der Waals surface area contributed by atoms with Crippen LogP contribution < -0.4 is 0 Å². The van der Waals surface area contributed by atoms with Crippen molar-refractivity contribution in [1.82, 2.24) is 20.0 Å². The highest BCUT2D eigenvalue weighted by Crippen LogP contribution is 1.99. The molecule has 2 heterocycles. The van der Waals surface area contributed by atoms with E-state index in [9.17, 15) is 0 Å². The number of hydrogen-bond donors (Lipinski definition) is 0. The lowest BCUT2D eigenvalue weighted by Gasteiger charge is -1.83. The molecule has 4 nitrogen and oxygen atoms in total. The van der Waals surface area contributed by atoms with E-state index in [1.807, 2.05) is 19.1 Å². The van der Waals surface area contributed by atoms with E-state index in [0.717, 1.165) is 11.2 Å². The van der Waals surface area contributed by atoms with Gasteiger partial charge in [0.2, 0.25) is 0 Å². The molecule has 0 saturated heterocycles. The summed E-state index contributed by atoms with van der Waals surface area (Å²) in [4.78, 5) is 0. The zero-order chi connectivity index (χ0) is 6.97. The SMILES string of the molecule is Cc1cc2ccnnn2n1. The maximum Gasteiger partial charge on any atom is 0.0909 e. The molecular weight excluding hydrogens is 128 g/mol. The Kier molecular flexibility index (Phi) is 0.943. The topological polar surface area (TPSA) is 43.1 Å². The van der Waals surface area contributed by atoms with Crippen molar-refractivity contribution in [1.29, 1.82) is 0 Å². The van der Waals surface area contributed by atoms with Gasteiger partial charge in [0.15, 0.2) is 0 Å². The standard InChI is InChI=1S/C6H6N4/c1-5-4-6-2-3-7-9-10(6)8-5/h2-4H,1H3. The lowest BCUT2D eigenvalue weighted by atomic mass is 10.4. The third-order valence-corrected chi connectivity index (χ3v) is 1.29. The summed E-state index contributed by atoms with van der Waals surface area (Å²) in [6.45, 7) is 1.93. The van der Waals surface area contributed by atoms with Crippen molar-refractivity contribution in [2.45, 2.75) is 6.92 Å². The first kappa shape index (κ1) is 5.34. The maximum atomic E-state index is 4.06. The van der Waals surface area contributed by atoms with Crippen LogP contribution in [0, 0.1) is 6.92 Å². The van der Waals surface area contributed by atoms with E-state index < -0.39 is 0 Å². The van der Waals surface area contributed by atoms with Gasteiger partial charge in [-0.1, -0.05) is 0 Å². The molecule has 2 aromatic rings. The van der Waals surface area contributed by atoms with E-state index in [0.29, 0.717) is 0 Å². The monoisotopic (exact) mass is 134 g/mol. The zero-order valence-electron chi connectivity index (χ0n) is 5.52. The molecule has 0 bridgehead atoms. The highest BCUT2D eigenvalue weighted by Gasteiger charge is 1.94. The lowest BCUT2D eigenvalue weighted by molar-refractivity contribution is 0.711. The second kappa shape index (κ2) is 1.76. The first-order valence-corrected chi connectivity index (χ1v) is 3.00. The first-order valence-electron chi connectivity index (χ1n) is 3.00. The van der Waals surface area contributed by atoms with Crippen LogP contribution in [0.25, 0.3) is 5.52 Å². The molecule has 2 aromatic heterocycles. The van der Waals surface area contributed by atoms with Crippen LogP contribution in [-0.4, -0.2) is 20.0 Å². The average molecular weight is 134 g/mol. The first-order chi connectivity index (χ1) is 4.86. The molecule has 0 saturated carbocycles. The van der Waals surface area contributed by atoms with E-state index in [1.54, 1.807) is 6.20 Å². The van der Waals surface area contributed by atoms with Gasteiger partial charge in [0.1, 0.15) is 0 Å². The Hall–Kier alpha value is -1.45. The fraction of sp³-hybridized carbons (Fsp3) is 0.167. The minimum absolute atomic E-state index is 0.959. The average Bonchev–Trinajstić information content (AvgIpc) is 2.27. The van der Waals surface area contributed by atoms with E-state index >= 15 is 0 Å². The summed E-state index contributed by atoms with van der Waals surface area (Å²) in [7, 11) is 0. The number of hydrogen-bond acceptors (Lipinski definition) is 3. The number of aryl methyl sites for hydroxylation is 1. The summed E-state index contributed by atoms with van der Waals surface area (Å²) in [6, 6.07) is 3.82. The molecule has 50 valence electrons. The van der Waals surface area contributed by atoms with Crippen LogP contribution in [0.2, 0.25) is 0 Å². The van der Waals surface area contributed by atoms with E-state index in [-0.39, 0.29) is 0 Å². The summed E-state index contributed by atoms with van der Waals surface area (Å²) in [5, 5.41) is 11.5. The molecule has 0 aliphatic carbocycles. The minimum Gasteiger partial charge on any atom is -0.154 e. The van der Waals surface area contributed by atoms with Crippen LogP contribution in [0.3, 0.4) is 0 Å². The fourth-order valence-electron chi connectivity index (χ4n) is 0.883. The van der Waals surface area contributed by atoms with Gasteiger partial charge < -0.3 is 0 Å². The van der Waals surface area contributed by atoms with Crippen LogP contribution in [0.5, 0.6) is 0 Å². The van der Waals surface area contributed by atoms with Crippen molar-refractivity contribution >= 4 is 5.52 Å². The third kappa shape index (κ3) is 0.655. The van der Waals surface area contributed by atoms with Crippen LogP contribution in [0.1, 0.15) is 5.69 Å². The molecule has 4 heteroatoms. The van der Waals surface area contributed by atoms with Gasteiger partial charge in [0.25, 0.3) is 0 Å². The summed E-state index contributed by atoms with van der Waals surface area (Å²) in [6.07, 6.45) is 1.65. The summed E-state index contributed by atoms with van der Waals surface area (Å²) in [5.74, 6) is 0. The number of fused-ring (bicyclic) bond motifs is 1. The summed E-state index contributed by atoms with van der Waals surface area (Å²) < 4.78 is 1.51. The number of nitrogens with zero attached hydrogens (tertiary/aromatic N) is 4. The molecule has 0 spiro atoms. The van der Waals surface area contributed by atoms with Crippen molar-refractivity contribution in [2.75, 3.05) is 0 Å². The van der Waals surface area contributed by atoms with Gasteiger partial charge in [-0.05, 0) is 24.3 Å². The largest absolute Gasteiger partial charge is 0.154 e. The second-order valence-electron chi connectivity index (χ2n) is 2.12. The predicted molar refractivity (Wildman–Crippen MR) is 35.5 cm³/mol.